The molecule has 12 heavy (non-hydrogen) atoms. The molecule has 2 N–H and O–H groups in total. The van der Waals surface area contributed by atoms with Crippen LogP contribution in [-0.4, -0.2) is 36.9 Å². The molecule has 2 aliphatic rings. The number of Topliss-reactive ketones (excluding diaryl/α,β-unsaturated/α-hetero) is 1. The fourth-order valence-electron chi connectivity index (χ4n) is 2.45. The number of hydrogen-bond acceptors (Lipinski definition) is 3. The Morgan fingerprint density at radius 2 is 1.92 bits per heavy atom. The number of likely N-dealkylation sites (tertiary alicyclic amines) is 1. The summed E-state index contributed by atoms with van der Waals surface area (Å²) >= 11 is 0. The van der Waals surface area contributed by atoms with E-state index < -0.39 is 0 Å². The molecule has 0 aromatic carbocycles. The molecule has 1 saturated carbocycles. The van der Waals surface area contributed by atoms with Crippen molar-refractivity contribution in [3.05, 3.63) is 0 Å². The summed E-state index contributed by atoms with van der Waals surface area (Å²) in [5.41, 5.74) is 5.48. The van der Waals surface area contributed by atoms with Gasteiger partial charge in [0.2, 0.25) is 0 Å². The molecular formula is C9H16N2O. The average molecular weight is 168 g/mol. The summed E-state index contributed by atoms with van der Waals surface area (Å²) in [6.07, 6.45) is 2.23. The van der Waals surface area contributed by atoms with Gasteiger partial charge in [-0.1, -0.05) is 0 Å². The Morgan fingerprint density at radius 1 is 1.33 bits per heavy atom. The maximum Gasteiger partial charge on any atom is 0.141 e. The minimum Gasteiger partial charge on any atom is -0.329 e. The third kappa shape index (κ3) is 1.27. The van der Waals surface area contributed by atoms with Gasteiger partial charge in [0.15, 0.2) is 0 Å². The zero-order chi connectivity index (χ0) is 8.55. The van der Waals surface area contributed by atoms with Gasteiger partial charge >= 0.3 is 0 Å². The molecule has 2 unspecified atom stereocenters. The Balaban J connectivity index is 1.98. The van der Waals surface area contributed by atoms with Gasteiger partial charge in [0, 0.05) is 38.0 Å². The van der Waals surface area contributed by atoms with Crippen molar-refractivity contribution in [3.63, 3.8) is 0 Å². The summed E-state index contributed by atoms with van der Waals surface area (Å²) in [5.74, 6) is 1.20. The van der Waals surface area contributed by atoms with Crippen molar-refractivity contribution in [1.29, 1.82) is 0 Å². The minimum atomic E-state index is 0.343. The Morgan fingerprint density at radius 3 is 2.42 bits per heavy atom. The number of ketones is 1. The summed E-state index contributed by atoms with van der Waals surface area (Å²) in [6, 6.07) is 0. The van der Waals surface area contributed by atoms with Gasteiger partial charge in [-0.25, -0.2) is 0 Å². The van der Waals surface area contributed by atoms with Crippen molar-refractivity contribution in [1.82, 2.24) is 4.90 Å². The van der Waals surface area contributed by atoms with E-state index in [0.29, 0.717) is 24.2 Å². The smallest absolute Gasteiger partial charge is 0.141 e. The lowest BCUT2D eigenvalue weighted by Crippen LogP contribution is -2.44. The van der Waals surface area contributed by atoms with Crippen LogP contribution in [0.5, 0.6) is 0 Å². The van der Waals surface area contributed by atoms with Crippen molar-refractivity contribution in [3.8, 4) is 0 Å². The molecule has 2 bridgehead atoms. The number of nitrogens with two attached hydrogens (primary N) is 1. The molecule has 2 fully saturated rings. The Kier molecular flexibility index (Phi) is 2.15. The lowest BCUT2D eigenvalue weighted by atomic mass is 9.97. The van der Waals surface area contributed by atoms with E-state index in [-0.39, 0.29) is 0 Å². The first-order valence-electron chi connectivity index (χ1n) is 4.77. The number of carbonyl (C=O) groups excluding carboxylic acids is 1. The van der Waals surface area contributed by atoms with Crippen molar-refractivity contribution in [2.24, 2.45) is 17.6 Å². The third-order valence-corrected chi connectivity index (χ3v) is 3.07. The standard InChI is InChI=1S/C9H16N2O/c10-3-4-11-5-7-1-2-8(6-11)9(7)12/h7-8H,1-6,10H2. The molecule has 3 nitrogen and oxygen atoms in total. The van der Waals surface area contributed by atoms with Gasteiger partial charge in [-0.05, 0) is 12.8 Å². The second kappa shape index (κ2) is 3.15. The van der Waals surface area contributed by atoms with E-state index in [4.69, 9.17) is 5.73 Å². The highest BCUT2D eigenvalue weighted by atomic mass is 16.1. The molecule has 2 atom stereocenters. The number of nitrogens with zero attached hydrogens (tertiary/aromatic N) is 1. The summed E-state index contributed by atoms with van der Waals surface area (Å²) in [6.45, 7) is 3.60. The molecule has 0 aromatic heterocycles. The highest BCUT2D eigenvalue weighted by molar-refractivity contribution is 5.86. The molecule has 0 radical (unpaired) electrons. The molecule has 3 heteroatoms. The van der Waals surface area contributed by atoms with Gasteiger partial charge < -0.3 is 10.6 Å². The van der Waals surface area contributed by atoms with Crippen LogP contribution in [0, 0.1) is 11.8 Å². The largest absolute Gasteiger partial charge is 0.329 e. The number of fused-ring (bicyclic) bond motifs is 2. The van der Waals surface area contributed by atoms with E-state index in [9.17, 15) is 4.79 Å². The molecule has 1 aliphatic carbocycles. The molecule has 0 spiro atoms. The average Bonchev–Trinajstić information content (AvgIpc) is 2.33. The van der Waals surface area contributed by atoms with Crippen molar-refractivity contribution in [2.75, 3.05) is 26.2 Å². The molecular weight excluding hydrogens is 152 g/mol. The Bertz CT molecular complexity index is 177. The van der Waals surface area contributed by atoms with Crippen LogP contribution in [0.2, 0.25) is 0 Å². The van der Waals surface area contributed by atoms with Crippen LogP contribution in [0.1, 0.15) is 12.8 Å². The maximum absolute atomic E-state index is 11.5. The molecule has 0 aromatic rings. The Labute approximate surface area is 72.9 Å². The van der Waals surface area contributed by atoms with Gasteiger partial charge in [0.05, 0.1) is 0 Å². The van der Waals surface area contributed by atoms with Crippen LogP contribution < -0.4 is 5.73 Å². The summed E-state index contributed by atoms with van der Waals surface area (Å²) < 4.78 is 0. The van der Waals surface area contributed by atoms with Crippen LogP contribution in [0.25, 0.3) is 0 Å². The molecule has 1 saturated heterocycles. The second-order valence-electron chi connectivity index (χ2n) is 3.92. The zero-order valence-corrected chi connectivity index (χ0v) is 7.33. The monoisotopic (exact) mass is 168 g/mol. The molecule has 68 valence electrons. The van der Waals surface area contributed by atoms with E-state index in [2.05, 4.69) is 4.90 Å². The third-order valence-electron chi connectivity index (χ3n) is 3.07. The second-order valence-corrected chi connectivity index (χ2v) is 3.92. The van der Waals surface area contributed by atoms with Crippen molar-refractivity contribution in [2.45, 2.75) is 12.8 Å². The lowest BCUT2D eigenvalue weighted by Gasteiger charge is -2.30. The van der Waals surface area contributed by atoms with Crippen molar-refractivity contribution >= 4 is 5.78 Å². The maximum atomic E-state index is 11.5. The number of piperidine rings is 1. The van der Waals surface area contributed by atoms with Crippen LogP contribution in [0.4, 0.5) is 0 Å². The topological polar surface area (TPSA) is 46.3 Å². The SMILES string of the molecule is NCCN1CC2CCC(C1)C2=O. The number of rotatable bonds is 2. The van der Waals surface area contributed by atoms with Gasteiger partial charge in [0.25, 0.3) is 0 Å². The fraction of sp³-hybridized carbons (Fsp3) is 0.889. The fourth-order valence-corrected chi connectivity index (χ4v) is 2.45. The quantitative estimate of drug-likeness (QED) is 0.624. The molecule has 1 heterocycles. The van der Waals surface area contributed by atoms with Gasteiger partial charge in [-0.2, -0.15) is 0 Å². The van der Waals surface area contributed by atoms with Crippen LogP contribution in [0.15, 0.2) is 0 Å². The normalized spacial score (nSPS) is 35.9. The van der Waals surface area contributed by atoms with E-state index >= 15 is 0 Å². The lowest BCUT2D eigenvalue weighted by molar-refractivity contribution is -0.127. The first-order valence-corrected chi connectivity index (χ1v) is 4.77. The van der Waals surface area contributed by atoms with Gasteiger partial charge in [0.1, 0.15) is 5.78 Å². The van der Waals surface area contributed by atoms with E-state index in [1.54, 1.807) is 0 Å². The summed E-state index contributed by atoms with van der Waals surface area (Å²) in [5, 5.41) is 0. The van der Waals surface area contributed by atoms with Gasteiger partial charge in [-0.15, -0.1) is 0 Å². The van der Waals surface area contributed by atoms with Crippen LogP contribution >= 0.6 is 0 Å². The predicted octanol–water partition coefficient (Wildman–Crippen LogP) is -0.144. The first kappa shape index (κ1) is 8.20. The highest BCUT2D eigenvalue weighted by Gasteiger charge is 2.39. The summed E-state index contributed by atoms with van der Waals surface area (Å²) in [4.78, 5) is 13.8. The Hall–Kier alpha value is -0.410. The van der Waals surface area contributed by atoms with Crippen LogP contribution in [0.3, 0.4) is 0 Å². The van der Waals surface area contributed by atoms with Crippen LogP contribution in [-0.2, 0) is 4.79 Å². The molecule has 1 aliphatic heterocycles. The summed E-state index contributed by atoms with van der Waals surface area (Å²) in [7, 11) is 0. The number of carbonyl (C=O) groups is 1. The highest BCUT2D eigenvalue weighted by Crippen LogP contribution is 2.32. The number of hydrogen-bond donors (Lipinski definition) is 1. The zero-order valence-electron chi connectivity index (χ0n) is 7.33. The molecule has 2 rings (SSSR count). The van der Waals surface area contributed by atoms with E-state index in [1.807, 2.05) is 0 Å². The van der Waals surface area contributed by atoms with Gasteiger partial charge in [-0.3, -0.25) is 4.79 Å². The predicted molar refractivity (Wildman–Crippen MR) is 46.7 cm³/mol. The minimum absolute atomic E-state index is 0.343. The van der Waals surface area contributed by atoms with E-state index in [1.165, 1.54) is 0 Å². The molecule has 0 amide bonds. The first-order chi connectivity index (χ1) is 5.81. The van der Waals surface area contributed by atoms with Crippen molar-refractivity contribution < 1.29 is 4.79 Å². The van der Waals surface area contributed by atoms with E-state index in [0.717, 1.165) is 32.5 Å².